The molecular formula is C16H17N3O4. The zero-order valence-electron chi connectivity index (χ0n) is 13.1. The van der Waals surface area contributed by atoms with E-state index in [9.17, 15) is 19.7 Å². The number of aromatic nitrogens is 1. The van der Waals surface area contributed by atoms with Crippen LogP contribution in [0.4, 0.5) is 5.69 Å². The van der Waals surface area contributed by atoms with Gasteiger partial charge in [0.1, 0.15) is 5.56 Å². The zero-order valence-corrected chi connectivity index (χ0v) is 13.1. The number of carbonyl (C=O) groups is 1. The van der Waals surface area contributed by atoms with Crippen molar-refractivity contribution in [3.05, 3.63) is 72.7 Å². The van der Waals surface area contributed by atoms with Crippen molar-refractivity contribution in [1.82, 2.24) is 10.3 Å². The Morgan fingerprint density at radius 3 is 2.57 bits per heavy atom. The van der Waals surface area contributed by atoms with Gasteiger partial charge in [0.05, 0.1) is 4.92 Å². The number of carbonyl (C=O) groups excluding carboxylic acids is 1. The van der Waals surface area contributed by atoms with Crippen LogP contribution in [0, 0.1) is 30.9 Å². The lowest BCUT2D eigenvalue weighted by Gasteiger charge is -2.09. The molecule has 23 heavy (non-hydrogen) atoms. The second-order valence-corrected chi connectivity index (χ2v) is 5.35. The van der Waals surface area contributed by atoms with Gasteiger partial charge in [-0.3, -0.25) is 19.7 Å². The molecule has 2 N–H and O–H groups in total. The van der Waals surface area contributed by atoms with Crippen LogP contribution in [0.2, 0.25) is 0 Å². The Hall–Kier alpha value is -2.96. The van der Waals surface area contributed by atoms with E-state index < -0.39 is 10.8 Å². The van der Waals surface area contributed by atoms with Crippen molar-refractivity contribution in [2.45, 2.75) is 27.3 Å². The van der Waals surface area contributed by atoms with Gasteiger partial charge in [-0.2, -0.15) is 0 Å². The molecule has 1 amide bonds. The van der Waals surface area contributed by atoms with Crippen LogP contribution in [0.15, 0.2) is 29.1 Å². The number of para-hydroxylation sites is 1. The van der Waals surface area contributed by atoms with Crippen LogP contribution < -0.4 is 10.9 Å². The lowest BCUT2D eigenvalue weighted by Crippen LogP contribution is -2.28. The SMILES string of the molecule is Cc1cc(C)c(CNC(=O)c2cccc(C)c2[N+](=O)[O-])c(=O)[nH]1. The van der Waals surface area contributed by atoms with E-state index in [4.69, 9.17) is 0 Å². The minimum Gasteiger partial charge on any atom is -0.348 e. The average Bonchev–Trinajstić information content (AvgIpc) is 2.45. The van der Waals surface area contributed by atoms with Crippen molar-refractivity contribution in [3.8, 4) is 0 Å². The summed E-state index contributed by atoms with van der Waals surface area (Å²) in [6.45, 7) is 5.13. The molecule has 120 valence electrons. The van der Waals surface area contributed by atoms with Crippen molar-refractivity contribution in [1.29, 1.82) is 0 Å². The number of aromatic amines is 1. The second-order valence-electron chi connectivity index (χ2n) is 5.35. The summed E-state index contributed by atoms with van der Waals surface area (Å²) in [7, 11) is 0. The summed E-state index contributed by atoms with van der Waals surface area (Å²) in [6.07, 6.45) is 0. The first kappa shape index (κ1) is 16.4. The maximum absolute atomic E-state index is 12.3. The predicted molar refractivity (Wildman–Crippen MR) is 85.5 cm³/mol. The van der Waals surface area contributed by atoms with Crippen LogP contribution in [0.5, 0.6) is 0 Å². The largest absolute Gasteiger partial charge is 0.348 e. The molecule has 0 bridgehead atoms. The van der Waals surface area contributed by atoms with Gasteiger partial charge in [-0.15, -0.1) is 0 Å². The summed E-state index contributed by atoms with van der Waals surface area (Å²) in [5.41, 5.74) is 1.81. The summed E-state index contributed by atoms with van der Waals surface area (Å²) in [5, 5.41) is 13.7. The minimum absolute atomic E-state index is 0.00533. The summed E-state index contributed by atoms with van der Waals surface area (Å²) >= 11 is 0. The fraction of sp³-hybridized carbons (Fsp3) is 0.250. The van der Waals surface area contributed by atoms with Gasteiger partial charge in [-0.25, -0.2) is 0 Å². The highest BCUT2D eigenvalue weighted by Gasteiger charge is 2.22. The van der Waals surface area contributed by atoms with Crippen molar-refractivity contribution in [2.24, 2.45) is 0 Å². The smallest absolute Gasteiger partial charge is 0.285 e. The molecule has 0 spiro atoms. The number of H-pyrrole nitrogens is 1. The Morgan fingerprint density at radius 2 is 1.96 bits per heavy atom. The number of hydrogen-bond acceptors (Lipinski definition) is 4. The normalized spacial score (nSPS) is 10.4. The van der Waals surface area contributed by atoms with Crippen molar-refractivity contribution < 1.29 is 9.72 Å². The Bertz CT molecular complexity index is 840. The van der Waals surface area contributed by atoms with E-state index in [0.717, 1.165) is 11.3 Å². The van der Waals surface area contributed by atoms with Crippen LogP contribution in [0.3, 0.4) is 0 Å². The number of nitrogens with zero attached hydrogens (tertiary/aromatic N) is 1. The minimum atomic E-state index is -0.584. The van der Waals surface area contributed by atoms with E-state index in [1.165, 1.54) is 6.07 Å². The number of amides is 1. The first-order valence-corrected chi connectivity index (χ1v) is 7.03. The fourth-order valence-corrected chi connectivity index (χ4v) is 2.45. The molecule has 1 aromatic carbocycles. The molecule has 0 aliphatic heterocycles. The maximum atomic E-state index is 12.3. The Morgan fingerprint density at radius 1 is 1.26 bits per heavy atom. The third-order valence-electron chi connectivity index (χ3n) is 3.58. The summed E-state index contributed by atoms with van der Waals surface area (Å²) in [6, 6.07) is 6.36. The summed E-state index contributed by atoms with van der Waals surface area (Å²) in [4.78, 5) is 37.4. The monoisotopic (exact) mass is 315 g/mol. The molecule has 2 aromatic rings. The van der Waals surface area contributed by atoms with E-state index in [1.807, 2.05) is 0 Å². The molecule has 1 aromatic heterocycles. The van der Waals surface area contributed by atoms with E-state index in [0.29, 0.717) is 11.1 Å². The summed E-state index contributed by atoms with van der Waals surface area (Å²) < 4.78 is 0. The second kappa shape index (κ2) is 6.43. The first-order valence-electron chi connectivity index (χ1n) is 7.03. The van der Waals surface area contributed by atoms with Gasteiger partial charge in [0, 0.05) is 23.4 Å². The molecule has 0 atom stereocenters. The number of benzene rings is 1. The molecule has 1 heterocycles. The van der Waals surface area contributed by atoms with Gasteiger partial charge in [0.25, 0.3) is 17.2 Å². The molecule has 0 radical (unpaired) electrons. The van der Waals surface area contributed by atoms with Crippen LogP contribution in [-0.2, 0) is 6.54 Å². The molecule has 0 fully saturated rings. The van der Waals surface area contributed by atoms with E-state index in [1.54, 1.807) is 39.0 Å². The van der Waals surface area contributed by atoms with Gasteiger partial charge < -0.3 is 10.3 Å². The number of pyridine rings is 1. The zero-order chi connectivity index (χ0) is 17.1. The molecule has 7 nitrogen and oxygen atoms in total. The van der Waals surface area contributed by atoms with Gasteiger partial charge in [0.2, 0.25) is 0 Å². The number of hydrogen-bond donors (Lipinski definition) is 2. The third-order valence-corrected chi connectivity index (χ3v) is 3.58. The maximum Gasteiger partial charge on any atom is 0.285 e. The molecule has 0 aliphatic rings. The highest BCUT2D eigenvalue weighted by molar-refractivity contribution is 5.98. The standard InChI is InChI=1S/C16H17N3O4/c1-9-5-4-6-12(14(9)19(22)23)15(20)17-8-13-10(2)7-11(3)18-16(13)21/h4-7H,8H2,1-3H3,(H,17,20)(H,18,21). The number of aryl methyl sites for hydroxylation is 3. The van der Waals surface area contributed by atoms with Gasteiger partial charge >= 0.3 is 0 Å². The quantitative estimate of drug-likeness (QED) is 0.666. The molecule has 0 saturated heterocycles. The Labute approximate surface area is 132 Å². The molecule has 0 aliphatic carbocycles. The topological polar surface area (TPSA) is 105 Å². The van der Waals surface area contributed by atoms with E-state index >= 15 is 0 Å². The van der Waals surface area contributed by atoms with Crippen LogP contribution >= 0.6 is 0 Å². The Kier molecular flexibility index (Phi) is 4.59. The molecule has 7 heteroatoms. The average molecular weight is 315 g/mol. The third kappa shape index (κ3) is 3.45. The molecule has 2 rings (SSSR count). The van der Waals surface area contributed by atoms with Gasteiger partial charge in [-0.1, -0.05) is 12.1 Å². The van der Waals surface area contributed by atoms with Crippen LogP contribution in [0.25, 0.3) is 0 Å². The number of nitro benzene ring substituents is 1. The number of nitro groups is 1. The van der Waals surface area contributed by atoms with E-state index in [-0.39, 0.29) is 23.4 Å². The molecule has 0 saturated carbocycles. The molecular weight excluding hydrogens is 298 g/mol. The molecule has 0 unspecified atom stereocenters. The van der Waals surface area contributed by atoms with Gasteiger partial charge in [-0.05, 0) is 38.5 Å². The fourth-order valence-electron chi connectivity index (χ4n) is 2.45. The van der Waals surface area contributed by atoms with Gasteiger partial charge in [0.15, 0.2) is 0 Å². The predicted octanol–water partition coefficient (Wildman–Crippen LogP) is 2.14. The lowest BCUT2D eigenvalue weighted by atomic mass is 10.1. The summed E-state index contributed by atoms with van der Waals surface area (Å²) in [5.74, 6) is -0.584. The number of nitrogens with one attached hydrogen (secondary N) is 2. The highest BCUT2D eigenvalue weighted by Crippen LogP contribution is 2.22. The highest BCUT2D eigenvalue weighted by atomic mass is 16.6. The van der Waals surface area contributed by atoms with E-state index in [2.05, 4.69) is 10.3 Å². The Balaban J connectivity index is 2.27. The number of rotatable bonds is 4. The van der Waals surface area contributed by atoms with Crippen molar-refractivity contribution in [3.63, 3.8) is 0 Å². The first-order chi connectivity index (χ1) is 10.8. The van der Waals surface area contributed by atoms with Crippen molar-refractivity contribution in [2.75, 3.05) is 0 Å². The van der Waals surface area contributed by atoms with Crippen LogP contribution in [-0.4, -0.2) is 15.8 Å². The van der Waals surface area contributed by atoms with Crippen molar-refractivity contribution >= 4 is 11.6 Å². The lowest BCUT2D eigenvalue weighted by molar-refractivity contribution is -0.385. The van der Waals surface area contributed by atoms with Crippen LogP contribution in [0.1, 0.15) is 32.7 Å².